The number of ether oxygens (including phenoxy) is 1. The van der Waals surface area contributed by atoms with E-state index >= 15 is 0 Å². The zero-order valence-corrected chi connectivity index (χ0v) is 10.9. The average Bonchev–Trinajstić information content (AvgIpc) is 3.01. The summed E-state index contributed by atoms with van der Waals surface area (Å²) in [5.74, 6) is 0.605. The number of hydrogen-bond donors (Lipinski definition) is 0. The molecule has 0 bridgehead atoms. The first-order chi connectivity index (χ1) is 7.70. The Morgan fingerprint density at radius 3 is 2.75 bits per heavy atom. The van der Waals surface area contributed by atoms with Crippen LogP contribution >= 0.6 is 15.9 Å². The number of benzene rings is 1. The lowest BCUT2D eigenvalue weighted by molar-refractivity contribution is -0.145. The Morgan fingerprint density at radius 2 is 2.12 bits per heavy atom. The number of carbonyl (C=O) groups is 1. The van der Waals surface area contributed by atoms with Gasteiger partial charge in [0.05, 0.1) is 12.5 Å². The number of halogens is 1. The first-order valence-electron chi connectivity index (χ1n) is 5.61. The lowest BCUT2D eigenvalue weighted by atomic mass is 10.1. The van der Waals surface area contributed by atoms with Gasteiger partial charge in [-0.25, -0.2) is 0 Å². The first kappa shape index (κ1) is 11.6. The molecule has 1 fully saturated rings. The minimum atomic E-state index is -0.0235. The van der Waals surface area contributed by atoms with Crippen molar-refractivity contribution in [2.45, 2.75) is 19.8 Å². The molecule has 2 atom stereocenters. The van der Waals surface area contributed by atoms with E-state index in [-0.39, 0.29) is 11.9 Å². The van der Waals surface area contributed by atoms with Crippen LogP contribution in [0.3, 0.4) is 0 Å². The van der Waals surface area contributed by atoms with Gasteiger partial charge in [0, 0.05) is 4.47 Å². The summed E-state index contributed by atoms with van der Waals surface area (Å²) in [7, 11) is 0. The molecule has 0 unspecified atom stereocenters. The van der Waals surface area contributed by atoms with E-state index < -0.39 is 0 Å². The summed E-state index contributed by atoms with van der Waals surface area (Å²) < 4.78 is 6.10. The van der Waals surface area contributed by atoms with E-state index in [9.17, 15) is 4.79 Å². The van der Waals surface area contributed by atoms with E-state index in [1.54, 1.807) is 0 Å². The third-order valence-electron chi connectivity index (χ3n) is 2.92. The van der Waals surface area contributed by atoms with Crippen LogP contribution in [-0.2, 0) is 16.0 Å². The molecule has 1 aliphatic carbocycles. The maximum absolute atomic E-state index is 11.4. The Hall–Kier alpha value is -0.830. The van der Waals surface area contributed by atoms with Gasteiger partial charge in [-0.05, 0) is 43.4 Å². The van der Waals surface area contributed by atoms with E-state index in [0.717, 1.165) is 17.3 Å². The Kier molecular flexibility index (Phi) is 3.64. The molecule has 0 amide bonds. The third kappa shape index (κ3) is 2.85. The second-order valence-electron chi connectivity index (χ2n) is 4.18. The van der Waals surface area contributed by atoms with Gasteiger partial charge >= 0.3 is 5.97 Å². The highest BCUT2D eigenvalue weighted by molar-refractivity contribution is 9.10. The normalized spacial score (nSPS) is 22.9. The van der Waals surface area contributed by atoms with E-state index in [0.29, 0.717) is 12.5 Å². The molecule has 0 aliphatic heterocycles. The molecule has 0 saturated heterocycles. The van der Waals surface area contributed by atoms with Crippen LogP contribution in [0.15, 0.2) is 28.7 Å². The molecule has 86 valence electrons. The minimum Gasteiger partial charge on any atom is -0.466 e. The van der Waals surface area contributed by atoms with Crippen LogP contribution in [0, 0.1) is 11.8 Å². The van der Waals surface area contributed by atoms with Crippen molar-refractivity contribution in [3.63, 3.8) is 0 Å². The largest absolute Gasteiger partial charge is 0.466 e. The minimum absolute atomic E-state index is 0.0235. The summed E-state index contributed by atoms with van der Waals surface area (Å²) >= 11 is 3.41. The molecule has 1 saturated carbocycles. The topological polar surface area (TPSA) is 26.3 Å². The monoisotopic (exact) mass is 282 g/mol. The summed E-state index contributed by atoms with van der Waals surface area (Å²) in [5, 5.41) is 0. The van der Waals surface area contributed by atoms with Crippen LogP contribution in [-0.4, -0.2) is 12.6 Å². The summed E-state index contributed by atoms with van der Waals surface area (Å²) in [4.78, 5) is 11.4. The number of hydrogen-bond acceptors (Lipinski definition) is 2. The summed E-state index contributed by atoms with van der Waals surface area (Å²) in [6, 6.07) is 8.28. The van der Waals surface area contributed by atoms with Crippen LogP contribution in [0.25, 0.3) is 0 Å². The second kappa shape index (κ2) is 5.00. The second-order valence-corrected chi connectivity index (χ2v) is 5.10. The van der Waals surface area contributed by atoms with Crippen molar-refractivity contribution in [2.75, 3.05) is 6.61 Å². The molecule has 16 heavy (non-hydrogen) atoms. The lowest BCUT2D eigenvalue weighted by Gasteiger charge is -2.02. The Morgan fingerprint density at radius 1 is 1.44 bits per heavy atom. The van der Waals surface area contributed by atoms with Crippen molar-refractivity contribution in [1.82, 2.24) is 0 Å². The highest BCUT2D eigenvalue weighted by Gasteiger charge is 2.43. The maximum Gasteiger partial charge on any atom is 0.309 e. The highest BCUT2D eigenvalue weighted by atomic mass is 79.9. The van der Waals surface area contributed by atoms with Gasteiger partial charge in [0.25, 0.3) is 0 Å². The van der Waals surface area contributed by atoms with Crippen molar-refractivity contribution in [3.8, 4) is 0 Å². The Balaban J connectivity index is 1.85. The van der Waals surface area contributed by atoms with Crippen LogP contribution in [0.2, 0.25) is 0 Å². The van der Waals surface area contributed by atoms with E-state index in [1.165, 1.54) is 5.56 Å². The van der Waals surface area contributed by atoms with Crippen molar-refractivity contribution in [3.05, 3.63) is 34.3 Å². The van der Waals surface area contributed by atoms with E-state index in [4.69, 9.17) is 4.74 Å². The van der Waals surface area contributed by atoms with Crippen LogP contribution in [0.5, 0.6) is 0 Å². The van der Waals surface area contributed by atoms with Crippen LogP contribution in [0.4, 0.5) is 0 Å². The number of carbonyl (C=O) groups excluding carboxylic acids is 1. The molecule has 0 spiro atoms. The average molecular weight is 283 g/mol. The first-order valence-corrected chi connectivity index (χ1v) is 6.41. The van der Waals surface area contributed by atoms with Gasteiger partial charge in [0.1, 0.15) is 0 Å². The zero-order valence-electron chi connectivity index (χ0n) is 9.28. The predicted octanol–water partition coefficient (Wildman–Crippen LogP) is 3.19. The van der Waals surface area contributed by atoms with Crippen molar-refractivity contribution < 1.29 is 9.53 Å². The summed E-state index contributed by atoms with van der Waals surface area (Å²) in [6.45, 7) is 2.34. The fraction of sp³-hybridized carbons (Fsp3) is 0.462. The van der Waals surface area contributed by atoms with E-state index in [2.05, 4.69) is 28.1 Å². The number of esters is 1. The van der Waals surface area contributed by atoms with Gasteiger partial charge in [-0.15, -0.1) is 0 Å². The summed E-state index contributed by atoms with van der Waals surface area (Å²) in [5.41, 5.74) is 1.29. The van der Waals surface area contributed by atoms with Gasteiger partial charge in [0.2, 0.25) is 0 Å². The van der Waals surface area contributed by atoms with Gasteiger partial charge in [-0.2, -0.15) is 0 Å². The quantitative estimate of drug-likeness (QED) is 0.793. The van der Waals surface area contributed by atoms with E-state index in [1.807, 2.05) is 19.1 Å². The van der Waals surface area contributed by atoms with Crippen molar-refractivity contribution in [1.29, 1.82) is 0 Å². The van der Waals surface area contributed by atoms with Crippen LogP contribution in [0.1, 0.15) is 18.9 Å². The standard InChI is InChI=1S/C13H15BrO2/c1-2-16-13(15)12-8-10(12)7-9-3-5-11(14)6-4-9/h3-6,10,12H,2,7-8H2,1H3/t10-,12-/m1/s1. The molecule has 2 rings (SSSR count). The molecule has 1 aromatic rings. The highest BCUT2D eigenvalue weighted by Crippen LogP contribution is 2.42. The molecule has 0 aromatic heterocycles. The Bertz CT molecular complexity index is 372. The molecule has 3 heteroatoms. The fourth-order valence-electron chi connectivity index (χ4n) is 1.93. The molecule has 0 heterocycles. The molecule has 1 aliphatic rings. The number of rotatable bonds is 4. The molecule has 0 radical (unpaired) electrons. The van der Waals surface area contributed by atoms with Gasteiger partial charge in [-0.3, -0.25) is 4.79 Å². The molecule has 0 N–H and O–H groups in total. The fourth-order valence-corrected chi connectivity index (χ4v) is 2.20. The van der Waals surface area contributed by atoms with Crippen molar-refractivity contribution in [2.24, 2.45) is 11.8 Å². The lowest BCUT2D eigenvalue weighted by Crippen LogP contribution is -2.08. The van der Waals surface area contributed by atoms with Crippen LogP contribution < -0.4 is 0 Å². The van der Waals surface area contributed by atoms with Gasteiger partial charge < -0.3 is 4.74 Å². The maximum atomic E-state index is 11.4. The smallest absolute Gasteiger partial charge is 0.309 e. The van der Waals surface area contributed by atoms with Gasteiger partial charge in [-0.1, -0.05) is 28.1 Å². The SMILES string of the molecule is CCOC(=O)[C@@H]1C[C@H]1Cc1ccc(Br)cc1. The molecule has 1 aromatic carbocycles. The Labute approximate surface area is 104 Å². The zero-order chi connectivity index (χ0) is 11.5. The van der Waals surface area contributed by atoms with Crippen molar-refractivity contribution >= 4 is 21.9 Å². The third-order valence-corrected chi connectivity index (χ3v) is 3.45. The van der Waals surface area contributed by atoms with Gasteiger partial charge in [0.15, 0.2) is 0 Å². The molecular weight excluding hydrogens is 268 g/mol. The summed E-state index contributed by atoms with van der Waals surface area (Å²) in [6.07, 6.45) is 1.96. The molecular formula is C13H15BrO2. The molecule has 2 nitrogen and oxygen atoms in total. The predicted molar refractivity (Wildman–Crippen MR) is 66.1 cm³/mol.